The third kappa shape index (κ3) is 29.0. The SMILES string of the molecule is CC(=O)O[C@@H]1[C@H](O[C@@H]2O[C@H](COCc3ccccc3)[C@@H](O[C@@H]3O[C@H](COCc4ccccc4)[C@@H]4OC(=O)O[C@@H]4[C@H]3O)[C@H](O)[C@H]2NS(=O)(=O)c2ccccc2)[C@@H](OC(C)=O)[C@H](O[C@H]2[C@H](O)[C@@H](NS(=O)(=O)c3ccccc3)[C@H](O[C@H]3[C@@H](OC(C)=O)[C@@H](COCc4ccccc4)O[C@@H](O[C@H]4[C@H](OCc5ccccc5)C=CO[C@@H]4COCc4ccccc4)[C@@H]3OC(C)=O)O[C@@H]2COCc2ccccc2)O[C@@H]1COCc1ccccc1. The summed E-state index contributed by atoms with van der Waals surface area (Å²) in [5.74, 6) is -4.09. The molecule has 9 aromatic carbocycles. The summed E-state index contributed by atoms with van der Waals surface area (Å²) in [5.41, 5.74) is 4.92. The molecule has 6 saturated heterocycles. The van der Waals surface area contributed by atoms with Crippen LogP contribution in [0.15, 0.2) is 295 Å². The molecule has 146 heavy (non-hydrogen) atoms. The molecular formula is C106H118N2O36S2. The highest BCUT2D eigenvalue weighted by atomic mass is 32.2. The summed E-state index contributed by atoms with van der Waals surface area (Å²) in [5, 5.41) is 40.1. The van der Waals surface area contributed by atoms with Gasteiger partial charge in [0.25, 0.3) is 0 Å². The lowest BCUT2D eigenvalue weighted by Gasteiger charge is -2.52. The van der Waals surface area contributed by atoms with Crippen molar-refractivity contribution in [1.29, 1.82) is 0 Å². The van der Waals surface area contributed by atoms with Gasteiger partial charge in [-0.2, -0.15) is 0 Å². The molecule has 0 saturated carbocycles. The van der Waals surface area contributed by atoms with Gasteiger partial charge in [-0.1, -0.05) is 249 Å². The number of sulfonamides is 2. The standard InChI is InChI=1S/C106H118N2O36S2/c1-65(109)129-94-83(63-125-56-73-40-22-9-23-41-73)136-104(138-90-78(128-58-75-44-26-11-27-45-75)50-51-127-79(90)59-121-52-69-32-14-5-15-33-69)99(131-67(3)111)97(94)141-102-86(108-146(119,120)77-48-30-13-31-49-77)88(114)92(81(134-102)61-123-54-71-36-18-7-19-37-71)140-105-100(132-68(4)112)98(95(130-66(2)110)84(137-105)64-126-57-74-42-24-10-25-43-74)142-101-85(107-145(117,118)76-46-28-12-29-47-76)87(113)91(80(133-101)60-122-53-70-34-16-6-17-35-70)139-103-89(115)96-93(143-106(116)144-96)82(135-103)62-124-55-72-38-20-8-21-39-72/h5-51,78-105,107-108,113-115H,52-64H2,1-4H3/t78-,79-,80-,81-,82-,83-,84-,85-,86-,87-,88-,89-,90+,91-,92-,93+,94+,95+,96-,97+,98+,99-,100-,101+,102+,103+,104+,105+/m1/s1. The van der Waals surface area contributed by atoms with Crippen LogP contribution in [0.4, 0.5) is 4.79 Å². The van der Waals surface area contributed by atoms with Crippen molar-refractivity contribution in [2.24, 2.45) is 0 Å². The van der Waals surface area contributed by atoms with Crippen molar-refractivity contribution >= 4 is 50.1 Å². The Kier molecular flexibility index (Phi) is 38.3. The number of rotatable bonds is 47. The molecule has 5 N–H and O–H groups in total. The zero-order chi connectivity index (χ0) is 102. The van der Waals surface area contributed by atoms with Crippen LogP contribution in [0.3, 0.4) is 0 Å². The summed E-state index contributed by atoms with van der Waals surface area (Å²) in [7, 11) is -9.91. The normalized spacial score (nSPS) is 29.8. The molecule has 0 bridgehead atoms. The van der Waals surface area contributed by atoms with E-state index in [9.17, 15) is 39.3 Å². The highest BCUT2D eigenvalue weighted by Crippen LogP contribution is 2.43. The molecule has 0 amide bonds. The fourth-order valence-electron chi connectivity index (χ4n) is 18.0. The van der Waals surface area contributed by atoms with Gasteiger partial charge in [0.1, 0.15) is 97.5 Å². The van der Waals surface area contributed by atoms with Gasteiger partial charge in [0.15, 0.2) is 74.2 Å². The number of nitrogens with one attached hydrogen (secondary N) is 2. The van der Waals surface area contributed by atoms with Crippen molar-refractivity contribution < 1.29 is 170 Å². The third-order valence-electron chi connectivity index (χ3n) is 24.8. The lowest BCUT2D eigenvalue weighted by molar-refractivity contribution is -0.384. The van der Waals surface area contributed by atoms with Crippen molar-refractivity contribution in [2.45, 2.75) is 255 Å². The van der Waals surface area contributed by atoms with Crippen molar-refractivity contribution in [2.75, 3.05) is 39.6 Å². The lowest BCUT2D eigenvalue weighted by atomic mass is 9.94. The van der Waals surface area contributed by atoms with E-state index >= 15 is 16.8 Å². The van der Waals surface area contributed by atoms with Crippen molar-refractivity contribution in [3.63, 3.8) is 0 Å². The molecule has 6 fully saturated rings. The highest BCUT2D eigenvalue weighted by molar-refractivity contribution is 7.89. The van der Waals surface area contributed by atoms with Gasteiger partial charge in [-0.25, -0.2) is 31.1 Å². The van der Waals surface area contributed by atoms with Crippen LogP contribution in [-0.4, -0.2) is 274 Å². The number of esters is 4. The van der Waals surface area contributed by atoms with Gasteiger partial charge in [-0.3, -0.25) is 19.2 Å². The van der Waals surface area contributed by atoms with Crippen LogP contribution < -0.4 is 9.44 Å². The number of carbonyl (C=O) groups excluding carboxylic acids is 5. The Morgan fingerprint density at radius 2 is 0.562 bits per heavy atom. The van der Waals surface area contributed by atoms with E-state index in [4.69, 9.17) is 114 Å². The summed E-state index contributed by atoms with van der Waals surface area (Å²) in [6.45, 7) is 1.08. The molecule has 780 valence electrons. The predicted octanol–water partition coefficient (Wildman–Crippen LogP) is 8.74. The molecule has 28 atom stereocenters. The second kappa shape index (κ2) is 52.0. The Hall–Kier alpha value is -11.3. The Bertz CT molecular complexity index is 5860. The van der Waals surface area contributed by atoms with Gasteiger partial charge in [0.2, 0.25) is 20.0 Å². The molecule has 38 nitrogen and oxygen atoms in total. The number of hydrogen-bond acceptors (Lipinski definition) is 36. The topological polar surface area (TPSA) is 460 Å². The van der Waals surface area contributed by atoms with Crippen molar-refractivity contribution in [1.82, 2.24) is 9.44 Å². The summed E-state index contributed by atoms with van der Waals surface area (Å²) < 4.78 is 225. The van der Waals surface area contributed by atoms with E-state index in [1.807, 2.05) is 97.1 Å². The Morgan fingerprint density at radius 3 is 0.904 bits per heavy atom. The van der Waals surface area contributed by atoms with E-state index < -0.39 is 248 Å². The van der Waals surface area contributed by atoms with E-state index in [1.54, 1.807) is 133 Å². The van der Waals surface area contributed by atoms with Crippen molar-refractivity contribution in [3.05, 3.63) is 324 Å². The van der Waals surface area contributed by atoms with Crippen LogP contribution in [-0.2, 0) is 199 Å². The van der Waals surface area contributed by atoms with Gasteiger partial charge in [0.05, 0.1) is 102 Å². The van der Waals surface area contributed by atoms with Gasteiger partial charge < -0.3 is 129 Å². The number of fused-ring (bicyclic) bond motifs is 1. The van der Waals surface area contributed by atoms with E-state index in [0.29, 0.717) is 22.3 Å². The molecule has 0 aromatic heterocycles. The highest BCUT2D eigenvalue weighted by Gasteiger charge is 2.63. The first-order valence-electron chi connectivity index (χ1n) is 47.8. The number of aliphatic hydroxyl groups is 3. The van der Waals surface area contributed by atoms with E-state index in [1.165, 1.54) is 54.8 Å². The van der Waals surface area contributed by atoms with Crippen LogP contribution in [0.2, 0.25) is 0 Å². The summed E-state index contributed by atoms with van der Waals surface area (Å²) in [6.07, 6.45) is -45.0. The monoisotopic (exact) mass is 2060 g/mol. The molecular weight excluding hydrogens is 1940 g/mol. The van der Waals surface area contributed by atoms with Crippen LogP contribution in [0.1, 0.15) is 66.6 Å². The molecule has 9 aromatic rings. The minimum atomic E-state index is -4.99. The van der Waals surface area contributed by atoms with Crippen LogP contribution in [0.5, 0.6) is 0 Å². The predicted molar refractivity (Wildman–Crippen MR) is 510 cm³/mol. The summed E-state index contributed by atoms with van der Waals surface area (Å²) in [4.78, 5) is 69.5. The Labute approximate surface area is 844 Å². The van der Waals surface area contributed by atoms with Crippen LogP contribution in [0, 0.1) is 0 Å². The van der Waals surface area contributed by atoms with Crippen molar-refractivity contribution in [3.8, 4) is 0 Å². The first kappa shape index (κ1) is 107. The lowest BCUT2D eigenvalue weighted by Crippen LogP contribution is -2.71. The molecule has 0 aliphatic carbocycles. The van der Waals surface area contributed by atoms with Crippen LogP contribution >= 0.6 is 0 Å². The summed E-state index contributed by atoms with van der Waals surface area (Å²) >= 11 is 0. The maximum Gasteiger partial charge on any atom is 0.509 e. The first-order valence-corrected chi connectivity index (χ1v) is 50.8. The molecule has 40 heteroatoms. The minimum absolute atomic E-state index is 0.0306. The zero-order valence-corrected chi connectivity index (χ0v) is 81.8. The number of ether oxygens (including phenoxy) is 24. The van der Waals surface area contributed by atoms with Crippen LogP contribution in [0.25, 0.3) is 0 Å². The Balaban J connectivity index is 0.800. The molecule has 0 spiro atoms. The number of benzene rings is 9. The zero-order valence-electron chi connectivity index (χ0n) is 80.1. The average Bonchev–Trinajstić information content (AvgIpc) is 1.34. The molecule has 0 radical (unpaired) electrons. The quantitative estimate of drug-likeness (QED) is 0.0176. The smallest absolute Gasteiger partial charge is 0.493 e. The van der Waals surface area contributed by atoms with Gasteiger partial charge in [0, 0.05) is 27.7 Å². The molecule has 16 rings (SSSR count). The first-order chi connectivity index (χ1) is 70.8. The van der Waals surface area contributed by atoms with Gasteiger partial charge in [-0.05, 0) is 69.3 Å². The number of carbonyl (C=O) groups is 5. The maximum absolute atomic E-state index is 15.6. The second-order valence-electron chi connectivity index (χ2n) is 35.6. The Morgan fingerprint density at radius 1 is 0.295 bits per heavy atom. The number of aliphatic hydroxyl groups excluding tert-OH is 3. The summed E-state index contributed by atoms with van der Waals surface area (Å²) in [6, 6.07) is 72.5. The van der Waals surface area contributed by atoms with E-state index in [-0.39, 0.29) is 69.3 Å². The second-order valence-corrected chi connectivity index (χ2v) is 39.0. The maximum atomic E-state index is 15.6. The fraction of sp³-hybridized carbons (Fsp3) is 0.425. The van der Waals surface area contributed by atoms with E-state index in [0.717, 1.165) is 44.4 Å². The molecule has 7 aliphatic heterocycles. The van der Waals surface area contributed by atoms with Gasteiger partial charge >= 0.3 is 30.0 Å². The fourth-order valence-corrected chi connectivity index (χ4v) is 20.5. The number of hydrogen-bond donors (Lipinski definition) is 5. The third-order valence-corrected chi connectivity index (χ3v) is 27.8. The minimum Gasteiger partial charge on any atom is -0.493 e. The largest absolute Gasteiger partial charge is 0.509 e. The molecule has 7 aliphatic rings. The molecule has 0 unspecified atom stereocenters. The van der Waals surface area contributed by atoms with E-state index in [2.05, 4.69) is 9.44 Å². The van der Waals surface area contributed by atoms with Gasteiger partial charge in [-0.15, -0.1) is 0 Å². The average molecular weight is 2060 g/mol. The molecule has 7 heterocycles.